The van der Waals surface area contributed by atoms with Crippen LogP contribution >= 0.6 is 11.3 Å². The summed E-state index contributed by atoms with van der Waals surface area (Å²) in [4.78, 5) is 0. The molecule has 1 fully saturated rings. The zero-order chi connectivity index (χ0) is 19.7. The van der Waals surface area contributed by atoms with Crippen molar-refractivity contribution in [1.82, 2.24) is 5.32 Å². The molecule has 1 aliphatic rings. The fraction of sp³-hybridized carbons (Fsp3) is 0.545. The maximum Gasteiger partial charge on any atom is 0.122 e. The Morgan fingerprint density at radius 3 is 2.74 bits per heavy atom. The van der Waals surface area contributed by atoms with Crippen LogP contribution in [0.25, 0.3) is 0 Å². The summed E-state index contributed by atoms with van der Waals surface area (Å²) in [7, 11) is 0. The predicted molar refractivity (Wildman–Crippen MR) is 110 cm³/mol. The summed E-state index contributed by atoms with van der Waals surface area (Å²) in [6, 6.07) is 2.17. The highest BCUT2D eigenvalue weighted by Crippen LogP contribution is 2.38. The van der Waals surface area contributed by atoms with E-state index in [1.165, 1.54) is 43.9 Å². The molecule has 2 unspecified atom stereocenters. The van der Waals surface area contributed by atoms with E-state index in [9.17, 15) is 13.9 Å². The Kier molecular flexibility index (Phi) is 8.87. The van der Waals surface area contributed by atoms with E-state index in [0.717, 1.165) is 18.9 Å². The molecule has 2 atom stereocenters. The van der Waals surface area contributed by atoms with Crippen molar-refractivity contribution in [2.45, 2.75) is 69.7 Å². The molecule has 0 amide bonds. The van der Waals surface area contributed by atoms with E-state index in [-0.39, 0.29) is 5.54 Å². The summed E-state index contributed by atoms with van der Waals surface area (Å²) in [6.07, 6.45) is 8.70. The summed E-state index contributed by atoms with van der Waals surface area (Å²) in [6.45, 7) is 5.26. The maximum absolute atomic E-state index is 13.5. The van der Waals surface area contributed by atoms with Crippen LogP contribution in [0.4, 0.5) is 8.78 Å². The Labute approximate surface area is 165 Å². The van der Waals surface area contributed by atoms with Gasteiger partial charge in [-0.05, 0) is 78.8 Å². The molecule has 2 rings (SSSR count). The van der Waals surface area contributed by atoms with E-state index in [1.807, 2.05) is 0 Å². The van der Waals surface area contributed by atoms with Gasteiger partial charge in [-0.2, -0.15) is 11.3 Å². The lowest BCUT2D eigenvalue weighted by Crippen LogP contribution is -2.46. The molecular weight excluding hydrogens is 364 g/mol. The number of aliphatic hydroxyl groups is 1. The lowest BCUT2D eigenvalue weighted by molar-refractivity contribution is 0.132. The van der Waals surface area contributed by atoms with Crippen LogP contribution in [0.5, 0.6) is 0 Å². The molecule has 0 aromatic carbocycles. The number of halogens is 2. The van der Waals surface area contributed by atoms with Crippen molar-refractivity contribution in [2.24, 2.45) is 0 Å². The largest absolute Gasteiger partial charge is 0.392 e. The maximum atomic E-state index is 13.5. The van der Waals surface area contributed by atoms with Gasteiger partial charge in [-0.25, -0.2) is 8.78 Å². The first-order valence-corrected chi connectivity index (χ1v) is 10.7. The molecule has 0 spiro atoms. The van der Waals surface area contributed by atoms with E-state index in [0.29, 0.717) is 25.0 Å². The van der Waals surface area contributed by atoms with Crippen LogP contribution in [0.3, 0.4) is 0 Å². The van der Waals surface area contributed by atoms with Crippen molar-refractivity contribution in [2.75, 3.05) is 6.54 Å². The summed E-state index contributed by atoms with van der Waals surface area (Å²) in [5.41, 5.74) is 1.80. The highest BCUT2D eigenvalue weighted by atomic mass is 32.1. The number of aliphatic hydroxyl groups excluding tert-OH is 1. The molecule has 5 heteroatoms. The third-order valence-corrected chi connectivity index (χ3v) is 5.87. The Bertz CT molecular complexity index is 631. The molecule has 2 N–H and O–H groups in total. The molecule has 1 heterocycles. The van der Waals surface area contributed by atoms with Crippen LogP contribution < -0.4 is 5.32 Å². The van der Waals surface area contributed by atoms with Gasteiger partial charge in [0.1, 0.15) is 12.0 Å². The van der Waals surface area contributed by atoms with Gasteiger partial charge < -0.3 is 10.4 Å². The lowest BCUT2D eigenvalue weighted by Gasteiger charge is -2.39. The van der Waals surface area contributed by atoms with E-state index in [4.69, 9.17) is 0 Å². The fourth-order valence-corrected chi connectivity index (χ4v) is 4.50. The molecule has 1 saturated carbocycles. The normalized spacial score (nSPS) is 20.3. The van der Waals surface area contributed by atoms with E-state index in [1.54, 1.807) is 11.3 Å². The second-order valence-electron chi connectivity index (χ2n) is 7.38. The summed E-state index contributed by atoms with van der Waals surface area (Å²) in [5, 5.41) is 18.4. The van der Waals surface area contributed by atoms with Crippen molar-refractivity contribution in [1.29, 1.82) is 0 Å². The van der Waals surface area contributed by atoms with Crippen molar-refractivity contribution >= 4 is 11.3 Å². The Hall–Kier alpha value is -1.30. The zero-order valence-corrected chi connectivity index (χ0v) is 16.9. The molecule has 1 aromatic rings. The summed E-state index contributed by atoms with van der Waals surface area (Å²) >= 11 is 1.70. The molecule has 0 radical (unpaired) electrons. The number of hydrogen-bond donors (Lipinski definition) is 2. The minimum Gasteiger partial charge on any atom is -0.392 e. The average molecular weight is 396 g/mol. The van der Waals surface area contributed by atoms with Crippen LogP contribution in [-0.2, 0) is 5.54 Å². The molecule has 0 aliphatic heterocycles. The minimum atomic E-state index is -1.16. The van der Waals surface area contributed by atoms with Gasteiger partial charge in [0, 0.05) is 12.1 Å². The minimum absolute atomic E-state index is 0.0554. The quantitative estimate of drug-likeness (QED) is 0.479. The molecule has 0 saturated heterocycles. The van der Waals surface area contributed by atoms with E-state index >= 15 is 0 Å². The van der Waals surface area contributed by atoms with Crippen molar-refractivity contribution < 1.29 is 13.9 Å². The molecule has 0 bridgehead atoms. The van der Waals surface area contributed by atoms with Crippen molar-refractivity contribution in [3.05, 3.63) is 58.6 Å². The Morgan fingerprint density at radius 2 is 2.15 bits per heavy atom. The number of rotatable bonds is 10. The van der Waals surface area contributed by atoms with Crippen molar-refractivity contribution in [3.63, 3.8) is 0 Å². The van der Waals surface area contributed by atoms with Crippen LogP contribution in [0, 0.1) is 0 Å². The van der Waals surface area contributed by atoms with E-state index < -0.39 is 18.1 Å². The van der Waals surface area contributed by atoms with Gasteiger partial charge in [0.25, 0.3) is 0 Å². The van der Waals surface area contributed by atoms with Crippen LogP contribution in [0.15, 0.2) is 53.0 Å². The van der Waals surface area contributed by atoms with Crippen LogP contribution in [-0.4, -0.2) is 23.9 Å². The fourth-order valence-electron chi connectivity index (χ4n) is 3.74. The van der Waals surface area contributed by atoms with Crippen LogP contribution in [0.2, 0.25) is 0 Å². The molecule has 27 heavy (non-hydrogen) atoms. The third kappa shape index (κ3) is 6.98. The number of nitrogens with one attached hydrogen (secondary N) is 1. The van der Waals surface area contributed by atoms with Gasteiger partial charge in [-0.15, -0.1) is 0 Å². The molecular formula is C22H31F2NOS. The van der Waals surface area contributed by atoms with Crippen LogP contribution in [0.1, 0.15) is 57.4 Å². The second kappa shape index (κ2) is 10.9. The average Bonchev–Trinajstić information content (AvgIpc) is 3.20. The molecule has 1 aromatic heterocycles. The molecule has 2 nitrogen and oxygen atoms in total. The van der Waals surface area contributed by atoms with Gasteiger partial charge in [-0.3, -0.25) is 0 Å². The number of hydrogen-bond acceptors (Lipinski definition) is 3. The standard InChI is InChI=1S/C22H31F2NOS/c1-3-20(24)14-18(13-17(2)23)7-8-21(26)15-25-22(10-5-4-6-11-22)19-9-12-27-16-19/h3,9,12-14,16-17,21,25-26H,1,4-8,10-11,15H2,2H3/b18-13-,20-14+. The van der Waals surface area contributed by atoms with Gasteiger partial charge >= 0.3 is 0 Å². The Morgan fingerprint density at radius 1 is 1.41 bits per heavy atom. The lowest BCUT2D eigenvalue weighted by atomic mass is 9.77. The number of alkyl halides is 1. The second-order valence-corrected chi connectivity index (χ2v) is 8.16. The van der Waals surface area contributed by atoms with E-state index in [2.05, 4.69) is 28.7 Å². The van der Waals surface area contributed by atoms with Gasteiger partial charge in [-0.1, -0.05) is 25.8 Å². The predicted octanol–water partition coefficient (Wildman–Crippen LogP) is 5.96. The monoisotopic (exact) mass is 395 g/mol. The zero-order valence-electron chi connectivity index (χ0n) is 16.1. The van der Waals surface area contributed by atoms with Gasteiger partial charge in [0.2, 0.25) is 0 Å². The molecule has 1 aliphatic carbocycles. The molecule has 150 valence electrons. The highest BCUT2D eigenvalue weighted by Gasteiger charge is 2.34. The first kappa shape index (κ1) is 22.0. The number of allylic oxidation sites excluding steroid dienone is 5. The van der Waals surface area contributed by atoms with Crippen molar-refractivity contribution in [3.8, 4) is 0 Å². The Balaban J connectivity index is 1.93. The first-order valence-electron chi connectivity index (χ1n) is 9.75. The topological polar surface area (TPSA) is 32.3 Å². The summed E-state index contributed by atoms with van der Waals surface area (Å²) < 4.78 is 26.8. The third-order valence-electron chi connectivity index (χ3n) is 5.19. The van der Waals surface area contributed by atoms with Gasteiger partial charge in [0.05, 0.1) is 6.10 Å². The van der Waals surface area contributed by atoms with Gasteiger partial charge in [0.15, 0.2) is 0 Å². The summed E-state index contributed by atoms with van der Waals surface area (Å²) in [5.74, 6) is -0.492. The SMILES string of the molecule is C=C/C(F)=C\C(=C/C(C)F)CCC(O)CNC1(c2ccsc2)CCCCC1. The number of thiophene rings is 1. The smallest absolute Gasteiger partial charge is 0.122 e. The first-order chi connectivity index (χ1) is 12.9. The highest BCUT2D eigenvalue weighted by molar-refractivity contribution is 7.08.